The largest absolute Gasteiger partial charge is 0.534 e. The highest BCUT2D eigenvalue weighted by Gasteiger charge is 2.51. The van der Waals surface area contributed by atoms with Crippen LogP contribution in [0.15, 0.2) is 48.5 Å². The lowest BCUT2D eigenvalue weighted by Crippen LogP contribution is -2.64. The Balaban J connectivity index is 2.36. The average molecular weight is 504 g/mol. The lowest BCUT2D eigenvalue weighted by atomic mass is 10.2. The summed E-state index contributed by atoms with van der Waals surface area (Å²) in [5.74, 6) is -0.276. The van der Waals surface area contributed by atoms with E-state index in [9.17, 15) is 21.6 Å². The van der Waals surface area contributed by atoms with Crippen molar-refractivity contribution >= 4 is 51.2 Å². The van der Waals surface area contributed by atoms with Gasteiger partial charge in [-0.1, -0.05) is 57.5 Å². The third-order valence-corrected chi connectivity index (χ3v) is 13.5. The van der Waals surface area contributed by atoms with Gasteiger partial charge in [0.05, 0.1) is 0 Å². The number of hydrogen-bond acceptors (Lipinski definition) is 3. The quantitative estimate of drug-likeness (QED) is 0.255. The molecule has 2 aromatic carbocycles. The van der Waals surface area contributed by atoms with E-state index < -0.39 is 23.7 Å². The van der Waals surface area contributed by atoms with Gasteiger partial charge in [0.15, 0.2) is 0 Å². The number of aryl methyl sites for hydroxylation is 1. The maximum absolute atomic E-state index is 13.1. The molecule has 0 amide bonds. The lowest BCUT2D eigenvalue weighted by Gasteiger charge is -2.41. The Morgan fingerprint density at radius 3 is 2.16 bits per heavy atom. The van der Waals surface area contributed by atoms with Crippen LogP contribution in [-0.2, 0) is 17.2 Å². The molecule has 0 unspecified atom stereocenters. The van der Waals surface area contributed by atoms with E-state index in [1.807, 2.05) is 57.5 Å². The van der Waals surface area contributed by atoms with Gasteiger partial charge in [0.25, 0.3) is 0 Å². The van der Waals surface area contributed by atoms with E-state index in [1.165, 1.54) is 12.1 Å². The van der Waals surface area contributed by atoms with Gasteiger partial charge >= 0.3 is 15.6 Å². The maximum atomic E-state index is 13.1. The Hall–Kier alpha value is -1.97. The molecular formula is C22H25ClF3NO3SSi. The number of rotatable bonds is 6. The topological polar surface area (TPSA) is 48.3 Å². The average Bonchev–Trinajstić information content (AvgIpc) is 2.98. The molecule has 3 aromatic rings. The second-order valence-electron chi connectivity index (χ2n) is 8.45. The maximum Gasteiger partial charge on any atom is 0.534 e. The summed E-state index contributed by atoms with van der Waals surface area (Å²) < 4.78 is 69.8. The molecular weight excluding hydrogens is 479 g/mol. The molecule has 0 aliphatic carbocycles. The number of halogens is 4. The van der Waals surface area contributed by atoms with E-state index in [4.69, 9.17) is 15.8 Å². The predicted octanol–water partition coefficient (Wildman–Crippen LogP) is 5.44. The van der Waals surface area contributed by atoms with Gasteiger partial charge in [0.1, 0.15) is 13.8 Å². The third kappa shape index (κ3) is 3.95. The van der Waals surface area contributed by atoms with Gasteiger partial charge in [-0.25, -0.2) is 0 Å². The Labute approximate surface area is 192 Å². The van der Waals surface area contributed by atoms with Crippen LogP contribution in [0.5, 0.6) is 5.75 Å². The van der Waals surface area contributed by atoms with Gasteiger partial charge in [-0.15, -0.1) is 0 Å². The molecule has 0 saturated heterocycles. The van der Waals surface area contributed by atoms with Crippen molar-refractivity contribution in [3.05, 3.63) is 53.6 Å². The fraction of sp³-hybridized carbons (Fsp3) is 0.364. The van der Waals surface area contributed by atoms with E-state index >= 15 is 0 Å². The number of para-hydroxylation sites is 1. The Morgan fingerprint density at radius 2 is 1.59 bits per heavy atom. The van der Waals surface area contributed by atoms with Crippen LogP contribution in [0.4, 0.5) is 13.2 Å². The van der Waals surface area contributed by atoms with Gasteiger partial charge in [-0.2, -0.15) is 21.6 Å². The van der Waals surface area contributed by atoms with Crippen LogP contribution in [0, 0.1) is 0 Å². The molecule has 0 aliphatic heterocycles. The first kappa shape index (κ1) is 24.7. The number of hydrogen-bond donors (Lipinski definition) is 0. The normalized spacial score (nSPS) is 13.3. The van der Waals surface area contributed by atoms with E-state index in [2.05, 4.69) is 0 Å². The molecule has 32 heavy (non-hydrogen) atoms. The summed E-state index contributed by atoms with van der Waals surface area (Å²) in [6.45, 7) is 8.08. The summed E-state index contributed by atoms with van der Waals surface area (Å²) in [7, 11) is -6.79. The minimum Gasteiger partial charge on any atom is -0.376 e. The van der Waals surface area contributed by atoms with Crippen LogP contribution < -0.4 is 14.7 Å². The van der Waals surface area contributed by atoms with Crippen molar-refractivity contribution in [1.82, 2.24) is 4.57 Å². The summed E-state index contributed by atoms with van der Waals surface area (Å²) >= 11 is 6.19. The van der Waals surface area contributed by atoms with Crippen LogP contribution in [0.25, 0.3) is 10.9 Å². The Kier molecular flexibility index (Phi) is 6.49. The van der Waals surface area contributed by atoms with Crippen molar-refractivity contribution in [2.45, 2.75) is 44.3 Å². The van der Waals surface area contributed by atoms with E-state index in [0.717, 1.165) is 16.2 Å². The van der Waals surface area contributed by atoms with Crippen LogP contribution in [-0.4, -0.2) is 26.6 Å². The van der Waals surface area contributed by atoms with Gasteiger partial charge in [0, 0.05) is 28.3 Å². The molecule has 0 atom stereocenters. The summed E-state index contributed by atoms with van der Waals surface area (Å²) in [6.07, 6.45) is 0. The van der Waals surface area contributed by atoms with Crippen LogP contribution in [0.3, 0.4) is 0 Å². The second-order valence-corrected chi connectivity index (χ2v) is 15.5. The zero-order valence-corrected chi connectivity index (χ0v) is 20.9. The van der Waals surface area contributed by atoms with Crippen LogP contribution in [0.1, 0.15) is 27.7 Å². The highest BCUT2D eigenvalue weighted by atomic mass is 35.5. The van der Waals surface area contributed by atoms with Gasteiger partial charge < -0.3 is 8.75 Å². The SMILES string of the molecule is CC(C)[Si](c1ccccc1OS(=O)(=O)C(F)(F)F)(c1cc2cc(Cl)ccc2n1C)C(C)C. The number of aromatic nitrogens is 1. The molecule has 0 spiro atoms. The molecule has 0 aliphatic rings. The molecule has 4 nitrogen and oxygen atoms in total. The highest BCUT2D eigenvalue weighted by Crippen LogP contribution is 2.37. The zero-order valence-electron chi connectivity index (χ0n) is 18.4. The summed E-state index contributed by atoms with van der Waals surface area (Å²) in [5, 5.41) is 2.96. The first-order valence-corrected chi connectivity index (χ1v) is 14.0. The minimum absolute atomic E-state index is 0.0133. The predicted molar refractivity (Wildman–Crippen MR) is 125 cm³/mol. The molecule has 0 radical (unpaired) electrons. The van der Waals surface area contributed by atoms with Gasteiger partial charge in [-0.3, -0.25) is 0 Å². The van der Waals surface area contributed by atoms with E-state index in [-0.39, 0.29) is 16.8 Å². The lowest BCUT2D eigenvalue weighted by molar-refractivity contribution is -0.0499. The van der Waals surface area contributed by atoms with Crippen LogP contribution in [0.2, 0.25) is 16.1 Å². The van der Waals surface area contributed by atoms with Crippen molar-refractivity contribution in [2.24, 2.45) is 7.05 Å². The zero-order chi connectivity index (χ0) is 24.1. The second kappa shape index (κ2) is 8.42. The molecule has 0 saturated carbocycles. The van der Waals surface area contributed by atoms with Gasteiger partial charge in [-0.05, 0) is 46.6 Å². The number of nitrogens with zero attached hydrogens (tertiary/aromatic N) is 1. The molecule has 3 rings (SSSR count). The first-order valence-electron chi connectivity index (χ1n) is 10.1. The van der Waals surface area contributed by atoms with Crippen molar-refractivity contribution in [3.63, 3.8) is 0 Å². The van der Waals surface area contributed by atoms with E-state index in [1.54, 1.807) is 18.2 Å². The monoisotopic (exact) mass is 503 g/mol. The number of fused-ring (bicyclic) bond motifs is 1. The first-order chi connectivity index (χ1) is 14.7. The fourth-order valence-electron chi connectivity index (χ4n) is 4.78. The highest BCUT2D eigenvalue weighted by molar-refractivity contribution is 7.88. The molecule has 0 N–H and O–H groups in total. The molecule has 0 fully saturated rings. The smallest absolute Gasteiger partial charge is 0.376 e. The summed E-state index contributed by atoms with van der Waals surface area (Å²) in [5.41, 5.74) is -4.56. The van der Waals surface area contributed by atoms with E-state index in [0.29, 0.717) is 10.2 Å². The molecule has 10 heteroatoms. The Bertz CT molecular complexity index is 1250. The molecule has 1 aromatic heterocycles. The molecule has 174 valence electrons. The summed E-state index contributed by atoms with van der Waals surface area (Å²) in [4.78, 5) is 0. The van der Waals surface area contributed by atoms with Crippen molar-refractivity contribution < 1.29 is 25.8 Å². The molecule has 0 bridgehead atoms. The Morgan fingerprint density at radius 1 is 1.00 bits per heavy atom. The van der Waals surface area contributed by atoms with Crippen molar-refractivity contribution in [1.29, 1.82) is 0 Å². The minimum atomic E-state index is -5.81. The third-order valence-electron chi connectivity index (χ3n) is 6.07. The van der Waals surface area contributed by atoms with Crippen molar-refractivity contribution in [2.75, 3.05) is 0 Å². The number of alkyl halides is 3. The van der Waals surface area contributed by atoms with Crippen molar-refractivity contribution in [3.8, 4) is 5.75 Å². The fourth-order valence-corrected chi connectivity index (χ4v) is 11.5. The molecule has 1 heterocycles. The summed E-state index contributed by atoms with van der Waals surface area (Å²) in [6, 6.07) is 13.7. The van der Waals surface area contributed by atoms with Crippen LogP contribution >= 0.6 is 11.6 Å². The number of benzene rings is 2. The van der Waals surface area contributed by atoms with Gasteiger partial charge in [0.2, 0.25) is 0 Å². The standard InChI is InChI=1S/C22H25ClF3NO3SSi/c1-14(2)32(15(3)4,21-13-16-12-17(23)10-11-18(16)27(21)5)20-9-7-6-8-19(20)30-31(28,29)22(24,25)26/h6-15H,1-5H3.